The molecule has 84 valence electrons. The second kappa shape index (κ2) is 6.09. The number of hydrogen-bond acceptors (Lipinski definition) is 2. The summed E-state index contributed by atoms with van der Waals surface area (Å²) in [5.41, 5.74) is 0.275. The molecule has 1 aliphatic heterocycles. The van der Waals surface area contributed by atoms with Crippen molar-refractivity contribution in [2.24, 2.45) is 5.41 Å². The molecule has 1 aliphatic rings. The van der Waals surface area contributed by atoms with Gasteiger partial charge in [-0.15, -0.1) is 0 Å². The predicted molar refractivity (Wildman–Crippen MR) is 61.7 cm³/mol. The summed E-state index contributed by atoms with van der Waals surface area (Å²) in [5, 5.41) is 0.228. The maximum atomic E-state index is 5.73. The first-order valence-electron chi connectivity index (χ1n) is 5.50. The maximum absolute atomic E-state index is 5.73. The highest BCUT2D eigenvalue weighted by molar-refractivity contribution is 9.09. The Morgan fingerprint density at radius 2 is 2.14 bits per heavy atom. The average molecular weight is 265 g/mol. The van der Waals surface area contributed by atoms with Gasteiger partial charge in [-0.1, -0.05) is 42.6 Å². The van der Waals surface area contributed by atoms with E-state index in [-0.39, 0.29) is 10.4 Å². The molecular weight excluding hydrogens is 244 g/mol. The van der Waals surface area contributed by atoms with Gasteiger partial charge in [0, 0.05) is 5.41 Å². The predicted octanol–water partition coefficient (Wildman–Crippen LogP) is 3.34. The van der Waals surface area contributed by atoms with Crippen molar-refractivity contribution < 1.29 is 9.47 Å². The van der Waals surface area contributed by atoms with Gasteiger partial charge in [0.05, 0.1) is 19.8 Å². The van der Waals surface area contributed by atoms with Crippen molar-refractivity contribution in [2.45, 2.75) is 44.5 Å². The van der Waals surface area contributed by atoms with Crippen LogP contribution in [0.15, 0.2) is 0 Å². The molecule has 0 saturated carbocycles. The van der Waals surface area contributed by atoms with Gasteiger partial charge in [-0.2, -0.15) is 0 Å². The van der Waals surface area contributed by atoms with E-state index in [1.807, 2.05) is 0 Å². The van der Waals surface area contributed by atoms with Crippen LogP contribution in [0.1, 0.15) is 39.5 Å². The number of halogens is 1. The molecule has 0 bridgehead atoms. The van der Waals surface area contributed by atoms with Gasteiger partial charge in [-0.3, -0.25) is 0 Å². The highest BCUT2D eigenvalue weighted by Gasteiger charge is 2.34. The fraction of sp³-hybridized carbons (Fsp3) is 1.00. The lowest BCUT2D eigenvalue weighted by atomic mass is 9.90. The molecule has 1 fully saturated rings. The Balaban J connectivity index is 1.99. The molecule has 0 radical (unpaired) electrons. The van der Waals surface area contributed by atoms with Crippen LogP contribution in [0.2, 0.25) is 0 Å². The largest absolute Gasteiger partial charge is 0.380 e. The fourth-order valence-corrected chi connectivity index (χ4v) is 1.92. The molecule has 2 nitrogen and oxygen atoms in total. The zero-order valence-corrected chi connectivity index (χ0v) is 10.8. The van der Waals surface area contributed by atoms with Crippen molar-refractivity contribution >= 4 is 15.9 Å². The number of hydrogen-bond donors (Lipinski definition) is 0. The SMILES string of the molecule is CCCCCC(Br)OCC1(C)COC1. The van der Waals surface area contributed by atoms with E-state index in [0.29, 0.717) is 0 Å². The third-order valence-electron chi connectivity index (χ3n) is 2.55. The van der Waals surface area contributed by atoms with E-state index < -0.39 is 0 Å². The normalized spacial score (nSPS) is 21.6. The highest BCUT2D eigenvalue weighted by atomic mass is 79.9. The van der Waals surface area contributed by atoms with Crippen molar-refractivity contribution in [3.05, 3.63) is 0 Å². The van der Waals surface area contributed by atoms with Crippen LogP contribution in [0.4, 0.5) is 0 Å². The second-order valence-corrected chi connectivity index (χ2v) is 5.54. The number of ether oxygens (including phenoxy) is 2. The molecule has 0 spiro atoms. The van der Waals surface area contributed by atoms with Crippen molar-refractivity contribution in [1.29, 1.82) is 0 Å². The smallest absolute Gasteiger partial charge is 0.112 e. The molecule has 3 heteroatoms. The molecule has 14 heavy (non-hydrogen) atoms. The lowest BCUT2D eigenvalue weighted by Crippen LogP contribution is -2.44. The van der Waals surface area contributed by atoms with Crippen LogP contribution >= 0.6 is 15.9 Å². The third kappa shape index (κ3) is 4.28. The molecule has 0 aromatic heterocycles. The Kier molecular flexibility index (Phi) is 5.42. The van der Waals surface area contributed by atoms with E-state index in [0.717, 1.165) is 26.2 Å². The van der Waals surface area contributed by atoms with Crippen LogP contribution < -0.4 is 0 Å². The van der Waals surface area contributed by atoms with Gasteiger partial charge < -0.3 is 9.47 Å². The van der Waals surface area contributed by atoms with E-state index in [1.165, 1.54) is 19.3 Å². The molecule has 0 aliphatic carbocycles. The molecule has 1 unspecified atom stereocenters. The molecule has 0 amide bonds. The minimum Gasteiger partial charge on any atom is -0.380 e. The second-order valence-electron chi connectivity index (χ2n) is 4.52. The zero-order chi connectivity index (χ0) is 10.4. The Bertz CT molecular complexity index is 157. The van der Waals surface area contributed by atoms with E-state index in [1.54, 1.807) is 0 Å². The summed E-state index contributed by atoms with van der Waals surface area (Å²) in [6.07, 6.45) is 4.93. The summed E-state index contributed by atoms with van der Waals surface area (Å²) in [7, 11) is 0. The molecule has 1 saturated heterocycles. The van der Waals surface area contributed by atoms with Gasteiger partial charge in [0.1, 0.15) is 5.01 Å². The molecular formula is C11H21BrO2. The van der Waals surface area contributed by atoms with Crippen LogP contribution in [-0.4, -0.2) is 24.8 Å². The summed E-state index contributed by atoms with van der Waals surface area (Å²) < 4.78 is 10.9. The summed E-state index contributed by atoms with van der Waals surface area (Å²) >= 11 is 3.55. The first-order valence-corrected chi connectivity index (χ1v) is 6.41. The van der Waals surface area contributed by atoms with Gasteiger partial charge in [-0.05, 0) is 12.8 Å². The Morgan fingerprint density at radius 1 is 1.43 bits per heavy atom. The first kappa shape index (κ1) is 12.5. The van der Waals surface area contributed by atoms with Crippen molar-refractivity contribution in [1.82, 2.24) is 0 Å². The summed E-state index contributed by atoms with van der Waals surface area (Å²) in [6.45, 7) is 6.94. The van der Waals surface area contributed by atoms with Crippen LogP contribution in [0, 0.1) is 5.41 Å². The minimum absolute atomic E-state index is 0.228. The van der Waals surface area contributed by atoms with Crippen LogP contribution in [0.25, 0.3) is 0 Å². The molecule has 1 rings (SSSR count). The topological polar surface area (TPSA) is 18.5 Å². The standard InChI is InChI=1S/C11H21BrO2/c1-3-4-5-6-10(12)14-9-11(2)7-13-8-11/h10H,3-9H2,1-2H3. The first-order chi connectivity index (χ1) is 6.66. The lowest BCUT2D eigenvalue weighted by Gasteiger charge is -2.38. The molecule has 0 aromatic rings. The zero-order valence-electron chi connectivity index (χ0n) is 9.22. The maximum Gasteiger partial charge on any atom is 0.112 e. The van der Waals surface area contributed by atoms with Crippen molar-refractivity contribution in [3.8, 4) is 0 Å². The van der Waals surface area contributed by atoms with E-state index in [9.17, 15) is 0 Å². The molecule has 0 aromatic carbocycles. The number of alkyl halides is 1. The van der Waals surface area contributed by atoms with Crippen LogP contribution in [0.5, 0.6) is 0 Å². The van der Waals surface area contributed by atoms with E-state index in [2.05, 4.69) is 29.8 Å². The number of rotatable bonds is 7. The minimum atomic E-state index is 0.228. The molecule has 0 N–H and O–H groups in total. The van der Waals surface area contributed by atoms with Gasteiger partial charge in [-0.25, -0.2) is 0 Å². The van der Waals surface area contributed by atoms with E-state index in [4.69, 9.17) is 9.47 Å². The third-order valence-corrected chi connectivity index (χ3v) is 3.27. The van der Waals surface area contributed by atoms with Crippen molar-refractivity contribution in [2.75, 3.05) is 19.8 Å². The van der Waals surface area contributed by atoms with Crippen LogP contribution in [0.3, 0.4) is 0 Å². The lowest BCUT2D eigenvalue weighted by molar-refractivity contribution is -0.140. The van der Waals surface area contributed by atoms with E-state index >= 15 is 0 Å². The summed E-state index contributed by atoms with van der Waals surface area (Å²) in [6, 6.07) is 0. The number of unbranched alkanes of at least 4 members (excludes halogenated alkanes) is 2. The van der Waals surface area contributed by atoms with Crippen molar-refractivity contribution in [3.63, 3.8) is 0 Å². The van der Waals surface area contributed by atoms with Gasteiger partial charge in [0.2, 0.25) is 0 Å². The highest BCUT2D eigenvalue weighted by Crippen LogP contribution is 2.28. The monoisotopic (exact) mass is 264 g/mol. The summed E-state index contributed by atoms with van der Waals surface area (Å²) in [5.74, 6) is 0. The Hall–Kier alpha value is 0.400. The molecule has 1 heterocycles. The van der Waals surface area contributed by atoms with Gasteiger partial charge in [0.15, 0.2) is 0 Å². The van der Waals surface area contributed by atoms with Gasteiger partial charge >= 0.3 is 0 Å². The molecule has 1 atom stereocenters. The van der Waals surface area contributed by atoms with Crippen LogP contribution in [-0.2, 0) is 9.47 Å². The summed E-state index contributed by atoms with van der Waals surface area (Å²) in [4.78, 5) is 0. The quantitative estimate of drug-likeness (QED) is 0.519. The van der Waals surface area contributed by atoms with Gasteiger partial charge in [0.25, 0.3) is 0 Å². The Labute approximate surface area is 95.5 Å². The Morgan fingerprint density at radius 3 is 2.64 bits per heavy atom. The average Bonchev–Trinajstić information content (AvgIpc) is 2.12. The fourth-order valence-electron chi connectivity index (χ4n) is 1.46.